The molecule has 1 aromatic carbocycles. The Kier molecular flexibility index (Phi) is 4.24. The average molecular weight is 315 g/mol. The van der Waals surface area contributed by atoms with Gasteiger partial charge < -0.3 is 10.1 Å². The molecule has 0 atom stereocenters. The number of hydrogen-bond donors (Lipinski definition) is 1. The van der Waals surface area contributed by atoms with E-state index in [9.17, 15) is 9.59 Å². The monoisotopic (exact) mass is 315 g/mol. The van der Waals surface area contributed by atoms with Crippen LogP contribution in [0.25, 0.3) is 0 Å². The molecule has 1 aromatic heterocycles. The minimum Gasteiger partial charge on any atom is -0.451 e. The van der Waals surface area contributed by atoms with Crippen molar-refractivity contribution in [3.8, 4) is 0 Å². The molecule has 1 heterocycles. The predicted molar refractivity (Wildman–Crippen MR) is 86.4 cm³/mol. The normalized spacial score (nSPS) is 12.8. The van der Waals surface area contributed by atoms with Crippen LogP contribution in [0.15, 0.2) is 29.6 Å². The largest absolute Gasteiger partial charge is 0.451 e. The summed E-state index contributed by atoms with van der Waals surface area (Å²) in [4.78, 5) is 24.3. The van der Waals surface area contributed by atoms with E-state index in [0.29, 0.717) is 4.88 Å². The molecule has 3 rings (SSSR count). The van der Waals surface area contributed by atoms with Crippen molar-refractivity contribution >= 4 is 28.9 Å². The van der Waals surface area contributed by atoms with Crippen LogP contribution < -0.4 is 5.32 Å². The summed E-state index contributed by atoms with van der Waals surface area (Å²) in [5.41, 5.74) is 4.28. The van der Waals surface area contributed by atoms with E-state index in [1.54, 1.807) is 0 Å². The highest BCUT2D eigenvalue weighted by molar-refractivity contribution is 7.12. The molecule has 0 fully saturated rings. The molecule has 0 radical (unpaired) electrons. The number of aryl methyl sites for hydroxylation is 3. The van der Waals surface area contributed by atoms with Gasteiger partial charge in [0, 0.05) is 5.69 Å². The van der Waals surface area contributed by atoms with Gasteiger partial charge in [-0.3, -0.25) is 4.79 Å². The summed E-state index contributed by atoms with van der Waals surface area (Å²) in [6, 6.07) is 7.81. The zero-order valence-electron chi connectivity index (χ0n) is 12.3. The van der Waals surface area contributed by atoms with Gasteiger partial charge in [0.25, 0.3) is 5.91 Å². The number of rotatable bonds is 4. The summed E-state index contributed by atoms with van der Waals surface area (Å²) in [5.74, 6) is -0.767. The third-order valence-electron chi connectivity index (χ3n) is 3.76. The lowest BCUT2D eigenvalue weighted by molar-refractivity contribution is -0.119. The van der Waals surface area contributed by atoms with Crippen molar-refractivity contribution < 1.29 is 14.3 Å². The van der Waals surface area contributed by atoms with E-state index in [0.717, 1.165) is 24.1 Å². The third-order valence-corrected chi connectivity index (χ3v) is 4.76. The van der Waals surface area contributed by atoms with Gasteiger partial charge in [-0.15, -0.1) is 11.3 Å². The van der Waals surface area contributed by atoms with Gasteiger partial charge in [-0.25, -0.2) is 4.79 Å². The van der Waals surface area contributed by atoms with E-state index >= 15 is 0 Å². The lowest BCUT2D eigenvalue weighted by Gasteiger charge is -2.08. The van der Waals surface area contributed by atoms with Crippen LogP contribution in [0.2, 0.25) is 0 Å². The molecule has 4 nitrogen and oxygen atoms in total. The molecule has 5 heteroatoms. The van der Waals surface area contributed by atoms with Crippen LogP contribution in [-0.4, -0.2) is 18.5 Å². The lowest BCUT2D eigenvalue weighted by atomic mass is 10.1. The van der Waals surface area contributed by atoms with Crippen molar-refractivity contribution in [2.24, 2.45) is 0 Å². The first kappa shape index (κ1) is 14.8. The highest BCUT2D eigenvalue weighted by Crippen LogP contribution is 2.24. The quantitative estimate of drug-likeness (QED) is 0.880. The molecule has 0 unspecified atom stereocenters. The maximum Gasteiger partial charge on any atom is 0.349 e. The summed E-state index contributed by atoms with van der Waals surface area (Å²) in [7, 11) is 0. The van der Waals surface area contributed by atoms with Crippen molar-refractivity contribution in [3.05, 3.63) is 51.2 Å². The Morgan fingerprint density at radius 2 is 2.05 bits per heavy atom. The topological polar surface area (TPSA) is 55.4 Å². The number of esters is 1. The Morgan fingerprint density at radius 3 is 2.82 bits per heavy atom. The fourth-order valence-electron chi connectivity index (χ4n) is 2.63. The second-order valence-electron chi connectivity index (χ2n) is 5.39. The van der Waals surface area contributed by atoms with Gasteiger partial charge in [0.05, 0.1) is 0 Å². The van der Waals surface area contributed by atoms with Gasteiger partial charge in [0.1, 0.15) is 4.88 Å². The Labute approximate surface area is 133 Å². The van der Waals surface area contributed by atoms with Crippen LogP contribution in [0.1, 0.15) is 32.8 Å². The number of carbonyl (C=O) groups is 2. The molecule has 1 aliphatic rings. The highest BCUT2D eigenvalue weighted by Gasteiger charge is 2.15. The molecule has 114 valence electrons. The third kappa shape index (κ3) is 3.20. The Morgan fingerprint density at radius 1 is 1.23 bits per heavy atom. The first-order valence-corrected chi connectivity index (χ1v) is 8.14. The molecule has 0 saturated carbocycles. The molecular weight excluding hydrogens is 298 g/mol. The number of ether oxygens (including phenoxy) is 1. The molecule has 0 spiro atoms. The maximum absolute atomic E-state index is 11.9. The molecule has 22 heavy (non-hydrogen) atoms. The SMILES string of the molecule is Cc1ccsc1C(=O)OCC(=O)Nc1ccc2c(c1)CCC2. The summed E-state index contributed by atoms with van der Waals surface area (Å²) in [6.07, 6.45) is 3.34. The van der Waals surface area contributed by atoms with Gasteiger partial charge in [-0.1, -0.05) is 6.07 Å². The number of hydrogen-bond acceptors (Lipinski definition) is 4. The van der Waals surface area contributed by atoms with Gasteiger partial charge in [0.15, 0.2) is 6.61 Å². The van der Waals surface area contributed by atoms with Crippen LogP contribution in [0.4, 0.5) is 5.69 Å². The number of carbonyl (C=O) groups excluding carboxylic acids is 2. The number of benzene rings is 1. The lowest BCUT2D eigenvalue weighted by Crippen LogP contribution is -2.20. The van der Waals surface area contributed by atoms with E-state index in [1.165, 1.54) is 28.9 Å². The molecule has 0 aliphatic heterocycles. The van der Waals surface area contributed by atoms with Crippen LogP contribution >= 0.6 is 11.3 Å². The van der Waals surface area contributed by atoms with Gasteiger partial charge in [-0.2, -0.15) is 0 Å². The van der Waals surface area contributed by atoms with Crippen molar-refractivity contribution in [1.29, 1.82) is 0 Å². The molecule has 0 bridgehead atoms. The van der Waals surface area contributed by atoms with Crippen LogP contribution in [-0.2, 0) is 22.4 Å². The van der Waals surface area contributed by atoms with Crippen LogP contribution in [0.5, 0.6) is 0 Å². The minimum atomic E-state index is -0.448. The van der Waals surface area contributed by atoms with E-state index in [-0.39, 0.29) is 12.5 Å². The second-order valence-corrected chi connectivity index (χ2v) is 6.31. The van der Waals surface area contributed by atoms with E-state index in [2.05, 4.69) is 11.4 Å². The summed E-state index contributed by atoms with van der Waals surface area (Å²) in [6.45, 7) is 1.57. The van der Waals surface area contributed by atoms with Crippen molar-refractivity contribution in [2.45, 2.75) is 26.2 Å². The van der Waals surface area contributed by atoms with Crippen molar-refractivity contribution in [1.82, 2.24) is 0 Å². The summed E-state index contributed by atoms with van der Waals surface area (Å²) < 4.78 is 5.05. The molecular formula is C17H17NO3S. The first-order chi connectivity index (χ1) is 10.6. The number of thiophene rings is 1. The molecule has 2 aromatic rings. The standard InChI is InChI=1S/C17H17NO3S/c1-11-7-8-22-16(11)17(20)21-10-15(19)18-14-6-5-12-3-2-4-13(12)9-14/h5-9H,2-4,10H2,1H3,(H,18,19). The maximum atomic E-state index is 11.9. The van der Waals surface area contributed by atoms with E-state index in [4.69, 9.17) is 4.74 Å². The van der Waals surface area contributed by atoms with Crippen molar-refractivity contribution in [2.75, 3.05) is 11.9 Å². The molecule has 0 saturated heterocycles. The molecule has 1 amide bonds. The fourth-order valence-corrected chi connectivity index (χ4v) is 3.44. The summed E-state index contributed by atoms with van der Waals surface area (Å²) in [5, 5.41) is 4.60. The van der Waals surface area contributed by atoms with Crippen LogP contribution in [0.3, 0.4) is 0 Å². The van der Waals surface area contributed by atoms with E-state index in [1.807, 2.05) is 30.5 Å². The number of fused-ring (bicyclic) bond motifs is 1. The molecule has 1 N–H and O–H groups in total. The number of nitrogens with one attached hydrogen (secondary N) is 1. The summed E-state index contributed by atoms with van der Waals surface area (Å²) >= 11 is 1.32. The van der Waals surface area contributed by atoms with Crippen LogP contribution in [0, 0.1) is 6.92 Å². The predicted octanol–water partition coefficient (Wildman–Crippen LogP) is 3.34. The Balaban J connectivity index is 1.54. The fraction of sp³-hybridized carbons (Fsp3) is 0.294. The van der Waals surface area contributed by atoms with Gasteiger partial charge in [-0.05, 0) is 66.5 Å². The Bertz CT molecular complexity index is 720. The van der Waals surface area contributed by atoms with Gasteiger partial charge in [0.2, 0.25) is 0 Å². The number of amides is 1. The zero-order chi connectivity index (χ0) is 15.5. The highest BCUT2D eigenvalue weighted by atomic mass is 32.1. The number of anilines is 1. The second kappa shape index (κ2) is 6.32. The van der Waals surface area contributed by atoms with E-state index < -0.39 is 5.97 Å². The zero-order valence-corrected chi connectivity index (χ0v) is 13.2. The smallest absolute Gasteiger partial charge is 0.349 e. The van der Waals surface area contributed by atoms with Gasteiger partial charge >= 0.3 is 5.97 Å². The Hall–Kier alpha value is -2.14. The average Bonchev–Trinajstić information content (AvgIpc) is 3.12. The molecule has 1 aliphatic carbocycles. The first-order valence-electron chi connectivity index (χ1n) is 7.26. The van der Waals surface area contributed by atoms with Crippen molar-refractivity contribution in [3.63, 3.8) is 0 Å². The minimum absolute atomic E-state index is 0.271.